The molecule has 0 aliphatic carbocycles. The number of esters is 2. The third kappa shape index (κ3) is 9.13. The lowest BCUT2D eigenvalue weighted by atomic mass is 10.1. The maximum Gasteiger partial charge on any atom is 0.416 e. The molecule has 0 heterocycles. The summed E-state index contributed by atoms with van der Waals surface area (Å²) in [6, 6.07) is 11.1. The maximum atomic E-state index is 12.6. The van der Waals surface area contributed by atoms with Crippen molar-refractivity contribution in [2.45, 2.75) is 52.2 Å². The van der Waals surface area contributed by atoms with Crippen LogP contribution < -0.4 is 9.47 Å². The fraction of sp³-hybridized carbons (Fsp3) is 0.375. The topological polar surface area (TPSA) is 88.1 Å². The molecule has 0 saturated carbocycles. The Hall–Kier alpha value is -3.56. The van der Waals surface area contributed by atoms with E-state index in [0.29, 0.717) is 17.1 Å². The molecule has 0 amide bonds. The van der Waals surface area contributed by atoms with Gasteiger partial charge in [-0.3, -0.25) is 9.59 Å². The molecule has 0 aliphatic rings. The Morgan fingerprint density at radius 2 is 1.47 bits per heavy atom. The zero-order valence-corrected chi connectivity index (χ0v) is 18.9. The van der Waals surface area contributed by atoms with Crippen LogP contribution in [0.1, 0.15) is 38.3 Å². The average Bonchev–Trinajstić information content (AvgIpc) is 2.76. The first-order valence-electron chi connectivity index (χ1n) is 10.4. The molecule has 0 radical (unpaired) electrons. The molecule has 2 aromatic rings. The number of ketones is 1. The van der Waals surface area contributed by atoms with Gasteiger partial charge in [0, 0.05) is 0 Å². The third-order valence-corrected chi connectivity index (χ3v) is 4.24. The van der Waals surface area contributed by atoms with Crippen molar-refractivity contribution in [3.05, 3.63) is 59.7 Å². The van der Waals surface area contributed by atoms with Crippen molar-refractivity contribution in [1.82, 2.24) is 0 Å². The van der Waals surface area contributed by atoms with Crippen molar-refractivity contribution in [1.29, 1.82) is 0 Å². The molecule has 0 aliphatic heterocycles. The number of benzene rings is 2. The van der Waals surface area contributed by atoms with Crippen molar-refractivity contribution in [2.24, 2.45) is 0 Å². The molecule has 1 atom stereocenters. The molecule has 0 saturated heterocycles. The number of rotatable bonds is 11. The van der Waals surface area contributed by atoms with E-state index >= 15 is 0 Å². The predicted octanol–water partition coefficient (Wildman–Crippen LogP) is 4.51. The number of hydrogen-bond acceptors (Lipinski definition) is 7. The van der Waals surface area contributed by atoms with Gasteiger partial charge in [-0.1, -0.05) is 12.1 Å². The van der Waals surface area contributed by atoms with Crippen LogP contribution in [-0.4, -0.2) is 36.5 Å². The Labute approximate surface area is 194 Å². The summed E-state index contributed by atoms with van der Waals surface area (Å²) in [7, 11) is 0. The molecule has 0 N–H and O–H groups in total. The lowest BCUT2D eigenvalue weighted by molar-refractivity contribution is -0.161. The van der Waals surface area contributed by atoms with Crippen LogP contribution in [0, 0.1) is 0 Å². The minimum atomic E-state index is -4.39. The fourth-order valence-electron chi connectivity index (χ4n) is 2.62. The summed E-state index contributed by atoms with van der Waals surface area (Å²) in [6.45, 7) is 4.19. The van der Waals surface area contributed by atoms with Gasteiger partial charge in [0.05, 0.1) is 18.1 Å². The van der Waals surface area contributed by atoms with E-state index in [9.17, 15) is 27.6 Å². The van der Waals surface area contributed by atoms with Gasteiger partial charge >= 0.3 is 18.1 Å². The zero-order valence-electron chi connectivity index (χ0n) is 18.9. The third-order valence-electron chi connectivity index (χ3n) is 4.24. The number of alkyl halides is 3. The highest BCUT2D eigenvalue weighted by Gasteiger charge is 2.29. The lowest BCUT2D eigenvalue weighted by Gasteiger charge is -2.15. The Balaban J connectivity index is 1.75. The summed E-state index contributed by atoms with van der Waals surface area (Å²) in [5, 5.41) is 0. The second-order valence-electron chi connectivity index (χ2n) is 7.63. The zero-order chi connectivity index (χ0) is 25.3. The van der Waals surface area contributed by atoms with Crippen molar-refractivity contribution in [3.63, 3.8) is 0 Å². The fourth-order valence-corrected chi connectivity index (χ4v) is 2.62. The minimum Gasteiger partial charge on any atom is -0.490 e. The van der Waals surface area contributed by atoms with Gasteiger partial charge in [-0.15, -0.1) is 0 Å². The van der Waals surface area contributed by atoms with Crippen molar-refractivity contribution >= 4 is 17.7 Å². The Morgan fingerprint density at radius 1 is 0.882 bits per heavy atom. The molecule has 10 heteroatoms. The summed E-state index contributed by atoms with van der Waals surface area (Å²) in [5.41, 5.74) is -0.146. The number of hydrogen-bond donors (Lipinski definition) is 0. The van der Waals surface area contributed by atoms with Crippen LogP contribution in [0.15, 0.2) is 48.5 Å². The second kappa shape index (κ2) is 12.1. The van der Waals surface area contributed by atoms with Gasteiger partial charge in [0.25, 0.3) is 5.78 Å². The van der Waals surface area contributed by atoms with E-state index in [1.54, 1.807) is 45.0 Å². The van der Waals surface area contributed by atoms with Gasteiger partial charge in [0.15, 0.2) is 6.61 Å². The average molecular weight is 482 g/mol. The lowest BCUT2D eigenvalue weighted by Crippen LogP contribution is -2.27. The molecule has 0 spiro atoms. The number of carbonyl (C=O) groups excluding carboxylic acids is 3. The van der Waals surface area contributed by atoms with E-state index in [2.05, 4.69) is 0 Å². The van der Waals surface area contributed by atoms with E-state index < -0.39 is 48.3 Å². The van der Waals surface area contributed by atoms with Crippen molar-refractivity contribution < 1.29 is 46.5 Å². The van der Waals surface area contributed by atoms with E-state index in [1.807, 2.05) is 0 Å². The molecule has 2 aromatic carbocycles. The molecular formula is C24H25F3O7. The Kier molecular flexibility index (Phi) is 9.47. The number of ether oxygens (including phenoxy) is 4. The van der Waals surface area contributed by atoms with Gasteiger partial charge in [-0.25, -0.2) is 4.79 Å². The van der Waals surface area contributed by atoms with Crippen molar-refractivity contribution in [3.8, 4) is 11.5 Å². The Bertz CT molecular complexity index is 968. The normalized spacial score (nSPS) is 12.1. The monoisotopic (exact) mass is 482 g/mol. The quantitative estimate of drug-likeness (QED) is 0.344. The van der Waals surface area contributed by atoms with Crippen LogP contribution in [0.2, 0.25) is 0 Å². The van der Waals surface area contributed by atoms with E-state index in [-0.39, 0.29) is 13.0 Å². The molecular weight excluding hydrogens is 457 g/mol. The van der Waals surface area contributed by atoms with Gasteiger partial charge in [0.2, 0.25) is 0 Å². The highest BCUT2D eigenvalue weighted by molar-refractivity contribution is 6.34. The summed E-state index contributed by atoms with van der Waals surface area (Å²) in [5.74, 6) is -1.81. The van der Waals surface area contributed by atoms with E-state index in [4.69, 9.17) is 18.9 Å². The van der Waals surface area contributed by atoms with Crippen LogP contribution in [-0.2, 0) is 36.6 Å². The molecule has 2 rings (SSSR count). The molecule has 1 unspecified atom stereocenters. The number of Topliss-reactive ketones (excluding diaryl/α,β-unsaturated/α-hetero) is 1. The Morgan fingerprint density at radius 3 is 2.03 bits per heavy atom. The highest BCUT2D eigenvalue weighted by Crippen LogP contribution is 2.29. The summed E-state index contributed by atoms with van der Waals surface area (Å²) >= 11 is 0. The first kappa shape index (κ1) is 26.7. The number of halogens is 3. The van der Waals surface area contributed by atoms with Gasteiger partial charge < -0.3 is 18.9 Å². The first-order valence-corrected chi connectivity index (χ1v) is 10.4. The minimum absolute atomic E-state index is 0.0873. The largest absolute Gasteiger partial charge is 0.490 e. The molecule has 34 heavy (non-hydrogen) atoms. The summed E-state index contributed by atoms with van der Waals surface area (Å²) in [4.78, 5) is 34.8. The van der Waals surface area contributed by atoms with E-state index in [0.717, 1.165) is 12.1 Å². The van der Waals surface area contributed by atoms with Crippen LogP contribution >= 0.6 is 0 Å². The molecule has 0 fully saturated rings. The van der Waals surface area contributed by atoms with E-state index in [1.165, 1.54) is 12.1 Å². The molecule has 0 aromatic heterocycles. The van der Waals surface area contributed by atoms with Gasteiger partial charge in [-0.2, -0.15) is 13.2 Å². The smallest absolute Gasteiger partial charge is 0.416 e. The maximum absolute atomic E-state index is 12.6. The van der Waals surface area contributed by atoms with Crippen LogP contribution in [0.3, 0.4) is 0 Å². The molecule has 184 valence electrons. The molecule has 0 bridgehead atoms. The van der Waals surface area contributed by atoms with Gasteiger partial charge in [-0.05, 0) is 62.7 Å². The highest BCUT2D eigenvalue weighted by atomic mass is 19.4. The SMILES string of the molecule is CC(C)OC(=O)C(=O)COC(=O)CC(C)Oc1ccc(OCc2ccc(C(F)(F)F)cc2)cc1. The molecule has 7 nitrogen and oxygen atoms in total. The van der Waals surface area contributed by atoms with Crippen molar-refractivity contribution in [2.75, 3.05) is 6.61 Å². The van der Waals surface area contributed by atoms with Crippen LogP contribution in [0.4, 0.5) is 13.2 Å². The first-order chi connectivity index (χ1) is 15.9. The summed E-state index contributed by atoms with van der Waals surface area (Å²) < 4.78 is 58.5. The second-order valence-corrected chi connectivity index (χ2v) is 7.63. The standard InChI is InChI=1S/C24H25F3O7/c1-15(2)33-23(30)21(28)14-32-22(29)12-16(3)34-20-10-8-19(9-11-20)31-13-17-4-6-18(7-5-17)24(25,26)27/h4-11,15-16H,12-14H2,1-3H3. The van der Waals surface area contributed by atoms with Crippen LogP contribution in [0.5, 0.6) is 11.5 Å². The van der Waals surface area contributed by atoms with Gasteiger partial charge in [0.1, 0.15) is 24.2 Å². The van der Waals surface area contributed by atoms with Crippen LogP contribution in [0.25, 0.3) is 0 Å². The number of carbonyl (C=O) groups is 3. The summed E-state index contributed by atoms with van der Waals surface area (Å²) in [6.07, 6.45) is -5.58. The predicted molar refractivity (Wildman–Crippen MR) is 114 cm³/mol.